The summed E-state index contributed by atoms with van der Waals surface area (Å²) in [5.74, 6) is 3.65. The van der Waals surface area contributed by atoms with Crippen LogP contribution in [-0.4, -0.2) is 38.6 Å². The van der Waals surface area contributed by atoms with Gasteiger partial charge in [-0.15, -0.1) is 0 Å². The molecular formula is C51H78O6. The Labute approximate surface area is 346 Å². The van der Waals surface area contributed by atoms with Gasteiger partial charge in [-0.3, -0.25) is 0 Å². The summed E-state index contributed by atoms with van der Waals surface area (Å²) in [5, 5.41) is 17.2. The second kappa shape index (κ2) is 27.2. The lowest BCUT2D eigenvalue weighted by atomic mass is 9.93. The van der Waals surface area contributed by atoms with E-state index < -0.39 is 0 Å². The van der Waals surface area contributed by atoms with Crippen molar-refractivity contribution >= 4 is 32.3 Å². The monoisotopic (exact) mass is 787 g/mol. The van der Waals surface area contributed by atoms with Gasteiger partial charge in [0.15, 0.2) is 34.5 Å². The average Bonchev–Trinajstić information content (AvgIpc) is 3.22. The van der Waals surface area contributed by atoms with Gasteiger partial charge in [-0.25, -0.2) is 0 Å². The van der Waals surface area contributed by atoms with Crippen LogP contribution in [0.25, 0.3) is 32.3 Å². The van der Waals surface area contributed by atoms with Crippen LogP contribution in [0.1, 0.15) is 182 Å². The number of fused-ring (bicyclic) bond motifs is 6. The minimum Gasteiger partial charge on any atom is -0.504 e. The van der Waals surface area contributed by atoms with Crippen LogP contribution in [-0.2, 0) is 0 Å². The van der Waals surface area contributed by atoms with Gasteiger partial charge in [0, 0.05) is 0 Å². The van der Waals surface area contributed by atoms with Crippen molar-refractivity contribution in [2.45, 2.75) is 182 Å². The molecule has 1 N–H and O–H groups in total. The summed E-state index contributed by atoms with van der Waals surface area (Å²) in [5.41, 5.74) is 0. The Hall–Kier alpha value is -3.54. The highest BCUT2D eigenvalue weighted by molar-refractivity contribution is 6.26. The van der Waals surface area contributed by atoms with Crippen LogP contribution >= 0.6 is 0 Å². The molecule has 0 aromatic heterocycles. The summed E-state index contributed by atoms with van der Waals surface area (Å²) in [6.07, 6.45) is 29.0. The molecule has 57 heavy (non-hydrogen) atoms. The molecule has 0 heterocycles. The predicted octanol–water partition coefficient (Wildman–Crippen LogP) is 15.8. The number of hydrogen-bond donors (Lipinski definition) is 1. The van der Waals surface area contributed by atoms with E-state index in [1.165, 1.54) is 109 Å². The van der Waals surface area contributed by atoms with Crippen LogP contribution in [0.15, 0.2) is 36.4 Å². The molecule has 6 nitrogen and oxygen atoms in total. The number of methoxy groups -OCH3 is 1. The molecule has 0 fully saturated rings. The van der Waals surface area contributed by atoms with E-state index in [1.807, 2.05) is 12.1 Å². The van der Waals surface area contributed by atoms with Crippen LogP contribution in [0.3, 0.4) is 0 Å². The third-order valence-electron chi connectivity index (χ3n) is 11.4. The largest absolute Gasteiger partial charge is 0.504 e. The summed E-state index contributed by atoms with van der Waals surface area (Å²) < 4.78 is 32.0. The van der Waals surface area contributed by atoms with Gasteiger partial charge in [0.25, 0.3) is 0 Å². The van der Waals surface area contributed by atoms with E-state index in [-0.39, 0.29) is 5.75 Å². The van der Waals surface area contributed by atoms with E-state index in [0.29, 0.717) is 32.2 Å². The molecule has 0 amide bonds. The zero-order valence-corrected chi connectivity index (χ0v) is 36.8. The van der Waals surface area contributed by atoms with Crippen molar-refractivity contribution in [2.24, 2.45) is 0 Å². The Kier molecular flexibility index (Phi) is 22.0. The number of benzene rings is 4. The van der Waals surface area contributed by atoms with Crippen LogP contribution in [0.5, 0.6) is 34.5 Å². The van der Waals surface area contributed by atoms with Gasteiger partial charge in [0.05, 0.1) is 33.5 Å². The van der Waals surface area contributed by atoms with Gasteiger partial charge >= 0.3 is 0 Å². The topological polar surface area (TPSA) is 66.4 Å². The van der Waals surface area contributed by atoms with E-state index in [4.69, 9.17) is 23.7 Å². The molecule has 0 spiro atoms. The van der Waals surface area contributed by atoms with Gasteiger partial charge in [-0.1, -0.05) is 156 Å². The van der Waals surface area contributed by atoms with Gasteiger partial charge in [-0.2, -0.15) is 0 Å². The summed E-state index contributed by atoms with van der Waals surface area (Å²) in [4.78, 5) is 0. The molecule has 0 unspecified atom stereocenters. The maximum Gasteiger partial charge on any atom is 0.161 e. The molecule has 0 aliphatic carbocycles. The molecule has 4 aromatic rings. The van der Waals surface area contributed by atoms with E-state index in [2.05, 4.69) is 52.0 Å². The fourth-order valence-electron chi connectivity index (χ4n) is 7.90. The molecule has 4 aromatic carbocycles. The zero-order valence-electron chi connectivity index (χ0n) is 36.8. The third-order valence-corrected chi connectivity index (χ3v) is 11.4. The van der Waals surface area contributed by atoms with E-state index in [1.54, 1.807) is 7.11 Å². The van der Waals surface area contributed by atoms with Crippen LogP contribution < -0.4 is 23.7 Å². The third kappa shape index (κ3) is 15.0. The molecule has 4 rings (SSSR count). The fourth-order valence-corrected chi connectivity index (χ4v) is 7.90. The highest BCUT2D eigenvalue weighted by Crippen LogP contribution is 2.47. The van der Waals surface area contributed by atoms with Gasteiger partial charge in [0.1, 0.15) is 0 Å². The number of phenolic OH excluding ortho intramolecular Hbond substituents is 1. The normalized spacial score (nSPS) is 11.5. The van der Waals surface area contributed by atoms with Crippen LogP contribution in [0.4, 0.5) is 0 Å². The lowest BCUT2D eigenvalue weighted by Crippen LogP contribution is -2.04. The number of aromatic hydroxyl groups is 1. The Bertz CT molecular complexity index is 1710. The minimum absolute atomic E-state index is 0.113. The van der Waals surface area contributed by atoms with Crippen molar-refractivity contribution in [1.82, 2.24) is 0 Å². The molecule has 0 aliphatic rings. The Morgan fingerprint density at radius 2 is 0.544 bits per heavy atom. The van der Waals surface area contributed by atoms with Gasteiger partial charge in [0.2, 0.25) is 0 Å². The smallest absolute Gasteiger partial charge is 0.161 e. The number of hydrogen-bond acceptors (Lipinski definition) is 6. The Morgan fingerprint density at radius 3 is 0.807 bits per heavy atom. The average molecular weight is 787 g/mol. The first-order valence-electron chi connectivity index (χ1n) is 23.3. The highest BCUT2D eigenvalue weighted by Gasteiger charge is 2.20. The zero-order chi connectivity index (χ0) is 40.5. The standard InChI is InChI=1S/C51H78O6/c1-6-10-14-18-22-26-30-54-48-36-42-40-34-46(52)47(53-5)35-41(40)43-37-49(55-31-27-23-19-15-11-7-2)51(57-33-29-25-21-17-13-9-4)39-45(43)44(42)38-50(48)56-32-28-24-20-16-12-8-3/h34-39,52H,6-33H2,1-5H3. The Balaban J connectivity index is 1.76. The molecule has 0 aliphatic heterocycles. The molecule has 0 radical (unpaired) electrons. The highest BCUT2D eigenvalue weighted by atomic mass is 16.5. The predicted molar refractivity (Wildman–Crippen MR) is 243 cm³/mol. The summed E-state index contributed by atoms with van der Waals surface area (Å²) >= 11 is 0. The minimum atomic E-state index is 0.113. The first-order chi connectivity index (χ1) is 28.1. The summed E-state index contributed by atoms with van der Waals surface area (Å²) in [6.45, 7) is 11.6. The van der Waals surface area contributed by atoms with Crippen molar-refractivity contribution < 1.29 is 28.8 Å². The van der Waals surface area contributed by atoms with Crippen LogP contribution in [0, 0.1) is 0 Å². The molecule has 0 bridgehead atoms. The number of phenols is 1. The number of unbranched alkanes of at least 4 members (excludes halogenated alkanes) is 20. The van der Waals surface area contributed by atoms with Crippen molar-refractivity contribution in [3.05, 3.63) is 36.4 Å². The second-order valence-electron chi connectivity index (χ2n) is 16.2. The number of ether oxygens (including phenoxy) is 5. The first kappa shape index (κ1) is 46.2. The molecule has 318 valence electrons. The lowest BCUT2D eigenvalue weighted by molar-refractivity contribution is 0.259. The first-order valence-corrected chi connectivity index (χ1v) is 23.3. The van der Waals surface area contributed by atoms with Crippen molar-refractivity contribution in [3.8, 4) is 34.5 Å². The molecular weight excluding hydrogens is 709 g/mol. The maximum atomic E-state index is 11.1. The lowest BCUT2D eigenvalue weighted by Gasteiger charge is -2.20. The molecule has 0 saturated heterocycles. The quantitative estimate of drug-likeness (QED) is 0.0383. The molecule has 0 saturated carbocycles. The van der Waals surface area contributed by atoms with Crippen molar-refractivity contribution in [3.63, 3.8) is 0 Å². The molecule has 0 atom stereocenters. The maximum absolute atomic E-state index is 11.1. The fraction of sp³-hybridized carbons (Fsp3) is 0.647. The van der Waals surface area contributed by atoms with Gasteiger partial charge in [-0.05, 0) is 94.4 Å². The van der Waals surface area contributed by atoms with Crippen LogP contribution in [0.2, 0.25) is 0 Å². The summed E-state index contributed by atoms with van der Waals surface area (Å²) in [6, 6.07) is 12.4. The summed E-state index contributed by atoms with van der Waals surface area (Å²) in [7, 11) is 1.61. The van der Waals surface area contributed by atoms with E-state index >= 15 is 0 Å². The van der Waals surface area contributed by atoms with Crippen molar-refractivity contribution in [2.75, 3.05) is 33.5 Å². The SMILES string of the molecule is CCCCCCCCOc1cc2c3cc(O)c(OC)cc3c3cc(OCCCCCCCC)c(OCCCCCCCC)cc3c2cc1OCCCCCCCC. The number of rotatable bonds is 33. The Morgan fingerprint density at radius 1 is 0.316 bits per heavy atom. The van der Waals surface area contributed by atoms with Gasteiger partial charge < -0.3 is 28.8 Å². The second-order valence-corrected chi connectivity index (χ2v) is 16.2. The van der Waals surface area contributed by atoms with E-state index in [9.17, 15) is 5.11 Å². The molecule has 6 heteroatoms. The van der Waals surface area contributed by atoms with Crippen molar-refractivity contribution in [1.29, 1.82) is 0 Å². The van der Waals surface area contributed by atoms with E-state index in [0.717, 1.165) is 100 Å².